The quantitative estimate of drug-likeness (QED) is 0.743. The Bertz CT molecular complexity index is 388. The van der Waals surface area contributed by atoms with E-state index in [0.717, 1.165) is 44.8 Å². The molecule has 4 heteroatoms. The van der Waals surface area contributed by atoms with Crippen LogP contribution in [0.25, 0.3) is 0 Å². The summed E-state index contributed by atoms with van der Waals surface area (Å²) in [5.74, 6) is 0. The molecule has 2 rings (SSSR count). The minimum atomic E-state index is -0.484. The monoisotopic (exact) mass is 281 g/mol. The van der Waals surface area contributed by atoms with Crippen LogP contribution in [0.2, 0.25) is 0 Å². The van der Waals surface area contributed by atoms with Gasteiger partial charge in [-0.1, -0.05) is 13.3 Å². The number of ether oxygens (including phenoxy) is 1. The van der Waals surface area contributed by atoms with Crippen LogP contribution in [0.3, 0.4) is 0 Å². The van der Waals surface area contributed by atoms with E-state index in [1.165, 1.54) is 0 Å². The maximum atomic E-state index is 12.5. The smallest absolute Gasteiger partial charge is 0.410 e. The number of carbonyl (C=O) groups is 2. The Kier molecular flexibility index (Phi) is 4.12. The van der Waals surface area contributed by atoms with Crippen LogP contribution in [0.15, 0.2) is 0 Å². The number of hydrogen-bond acceptors (Lipinski definition) is 3. The van der Waals surface area contributed by atoms with Crippen LogP contribution < -0.4 is 0 Å². The SMILES string of the molecule is CCCC1(C=O)CCC2CCC1N2C(=O)OC(C)(C)C. The van der Waals surface area contributed by atoms with Gasteiger partial charge in [0.1, 0.15) is 11.9 Å². The van der Waals surface area contributed by atoms with Crippen molar-refractivity contribution in [2.45, 2.75) is 83.9 Å². The molecule has 114 valence electrons. The summed E-state index contributed by atoms with van der Waals surface area (Å²) in [6.45, 7) is 7.76. The maximum absolute atomic E-state index is 12.5. The number of amides is 1. The van der Waals surface area contributed by atoms with E-state index >= 15 is 0 Å². The Morgan fingerprint density at radius 1 is 1.35 bits per heavy atom. The zero-order valence-corrected chi connectivity index (χ0v) is 13.1. The molecule has 3 unspecified atom stereocenters. The molecule has 2 saturated heterocycles. The molecule has 0 aliphatic carbocycles. The van der Waals surface area contributed by atoms with Crippen LogP contribution in [-0.4, -0.2) is 35.0 Å². The fourth-order valence-electron chi connectivity index (χ4n) is 3.88. The van der Waals surface area contributed by atoms with Gasteiger partial charge in [-0.25, -0.2) is 4.79 Å². The molecule has 0 aromatic rings. The number of hydrogen-bond donors (Lipinski definition) is 0. The third-order valence-corrected chi connectivity index (χ3v) is 4.66. The number of rotatable bonds is 3. The van der Waals surface area contributed by atoms with Gasteiger partial charge in [-0.2, -0.15) is 0 Å². The number of piperidine rings is 1. The Labute approximate surface area is 121 Å². The molecular weight excluding hydrogens is 254 g/mol. The summed E-state index contributed by atoms with van der Waals surface area (Å²) in [7, 11) is 0. The van der Waals surface area contributed by atoms with E-state index in [4.69, 9.17) is 4.74 Å². The molecule has 0 N–H and O–H groups in total. The third-order valence-electron chi connectivity index (χ3n) is 4.66. The molecule has 0 aromatic carbocycles. The zero-order chi connectivity index (χ0) is 15.0. The van der Waals surface area contributed by atoms with Crippen LogP contribution in [0.5, 0.6) is 0 Å². The summed E-state index contributed by atoms with van der Waals surface area (Å²) in [5.41, 5.74) is -0.832. The van der Waals surface area contributed by atoms with Gasteiger partial charge in [0.15, 0.2) is 0 Å². The Morgan fingerprint density at radius 3 is 2.60 bits per heavy atom. The molecule has 20 heavy (non-hydrogen) atoms. The second-order valence-electron chi connectivity index (χ2n) is 7.27. The van der Waals surface area contributed by atoms with E-state index in [9.17, 15) is 9.59 Å². The van der Waals surface area contributed by atoms with Crippen LogP contribution in [0.1, 0.15) is 66.2 Å². The Hall–Kier alpha value is -1.06. The van der Waals surface area contributed by atoms with Crippen molar-refractivity contribution < 1.29 is 14.3 Å². The molecule has 2 heterocycles. The number of fused-ring (bicyclic) bond motifs is 2. The van der Waals surface area contributed by atoms with Gasteiger partial charge in [0.05, 0.1) is 0 Å². The van der Waals surface area contributed by atoms with Gasteiger partial charge in [0.2, 0.25) is 0 Å². The number of aldehydes is 1. The first-order valence-corrected chi connectivity index (χ1v) is 7.80. The highest BCUT2D eigenvalue weighted by molar-refractivity contribution is 5.72. The highest BCUT2D eigenvalue weighted by atomic mass is 16.6. The van der Waals surface area contributed by atoms with Gasteiger partial charge in [-0.15, -0.1) is 0 Å². The molecule has 1 amide bonds. The van der Waals surface area contributed by atoms with Gasteiger partial charge in [0, 0.05) is 17.5 Å². The summed E-state index contributed by atoms with van der Waals surface area (Å²) in [6, 6.07) is 0.299. The second kappa shape index (κ2) is 5.38. The Morgan fingerprint density at radius 2 is 2.05 bits per heavy atom. The minimum Gasteiger partial charge on any atom is -0.444 e. The summed E-state index contributed by atoms with van der Waals surface area (Å²) in [6.07, 6.45) is 6.49. The molecule has 2 bridgehead atoms. The first-order valence-electron chi connectivity index (χ1n) is 7.80. The van der Waals surface area contributed by atoms with Crippen LogP contribution in [0.4, 0.5) is 4.79 Å². The normalized spacial score (nSPS) is 33.1. The highest BCUT2D eigenvalue weighted by Gasteiger charge is 2.53. The van der Waals surface area contributed by atoms with Gasteiger partial charge >= 0.3 is 6.09 Å². The highest BCUT2D eigenvalue weighted by Crippen LogP contribution is 2.48. The topological polar surface area (TPSA) is 46.6 Å². The molecule has 0 radical (unpaired) electrons. The molecule has 2 aliphatic heterocycles. The van der Waals surface area contributed by atoms with E-state index in [2.05, 4.69) is 6.92 Å². The van der Waals surface area contributed by atoms with Crippen molar-refractivity contribution >= 4 is 12.4 Å². The van der Waals surface area contributed by atoms with Gasteiger partial charge in [-0.3, -0.25) is 0 Å². The average molecular weight is 281 g/mol. The molecule has 0 spiro atoms. The van der Waals surface area contributed by atoms with Crippen molar-refractivity contribution in [3.63, 3.8) is 0 Å². The lowest BCUT2D eigenvalue weighted by atomic mass is 9.72. The van der Waals surface area contributed by atoms with Crippen LogP contribution in [-0.2, 0) is 9.53 Å². The fourth-order valence-corrected chi connectivity index (χ4v) is 3.88. The predicted octanol–water partition coefficient (Wildman–Crippen LogP) is 3.53. The molecule has 2 aliphatic rings. The summed E-state index contributed by atoms with van der Waals surface area (Å²) >= 11 is 0. The van der Waals surface area contributed by atoms with Crippen LogP contribution >= 0.6 is 0 Å². The van der Waals surface area contributed by atoms with E-state index < -0.39 is 5.60 Å². The molecule has 4 nitrogen and oxygen atoms in total. The van der Waals surface area contributed by atoms with Crippen molar-refractivity contribution in [1.29, 1.82) is 0 Å². The van der Waals surface area contributed by atoms with Crippen molar-refractivity contribution in [2.24, 2.45) is 5.41 Å². The lowest BCUT2D eigenvalue weighted by molar-refractivity contribution is -0.123. The first-order chi connectivity index (χ1) is 9.33. The fraction of sp³-hybridized carbons (Fsp3) is 0.875. The van der Waals surface area contributed by atoms with E-state index in [1.54, 1.807) is 0 Å². The lowest BCUT2D eigenvalue weighted by Gasteiger charge is -2.46. The van der Waals surface area contributed by atoms with Crippen molar-refractivity contribution in [1.82, 2.24) is 4.90 Å². The molecule has 2 fully saturated rings. The number of carbonyl (C=O) groups excluding carboxylic acids is 2. The standard InChI is InChI=1S/C16H27NO3/c1-5-9-16(11-18)10-8-12-6-7-13(16)17(12)14(19)20-15(2,3)4/h11-13H,5-10H2,1-4H3. The van der Waals surface area contributed by atoms with Crippen molar-refractivity contribution in [3.05, 3.63) is 0 Å². The molecule has 3 atom stereocenters. The molecule has 0 aromatic heterocycles. The first kappa shape index (κ1) is 15.3. The van der Waals surface area contributed by atoms with Gasteiger partial charge in [-0.05, 0) is 52.9 Å². The van der Waals surface area contributed by atoms with Gasteiger partial charge < -0.3 is 14.4 Å². The predicted molar refractivity (Wildman–Crippen MR) is 77.5 cm³/mol. The average Bonchev–Trinajstić information content (AvgIpc) is 2.69. The third kappa shape index (κ3) is 2.70. The van der Waals surface area contributed by atoms with E-state index in [0.29, 0.717) is 0 Å². The minimum absolute atomic E-state index is 0.0357. The summed E-state index contributed by atoms with van der Waals surface area (Å²) in [4.78, 5) is 26.1. The maximum Gasteiger partial charge on any atom is 0.410 e. The molecular formula is C16H27NO3. The van der Waals surface area contributed by atoms with Gasteiger partial charge in [0.25, 0.3) is 0 Å². The van der Waals surface area contributed by atoms with Crippen LogP contribution in [0, 0.1) is 5.41 Å². The zero-order valence-electron chi connectivity index (χ0n) is 13.1. The largest absolute Gasteiger partial charge is 0.444 e. The van der Waals surface area contributed by atoms with E-state index in [-0.39, 0.29) is 23.6 Å². The number of nitrogens with zero attached hydrogens (tertiary/aromatic N) is 1. The second-order valence-corrected chi connectivity index (χ2v) is 7.27. The molecule has 0 saturated carbocycles. The Balaban J connectivity index is 2.21. The lowest BCUT2D eigenvalue weighted by Crippen LogP contribution is -2.55. The van der Waals surface area contributed by atoms with Crippen molar-refractivity contribution in [2.75, 3.05) is 0 Å². The summed E-state index contributed by atoms with van der Waals surface area (Å²) < 4.78 is 5.55. The summed E-state index contributed by atoms with van der Waals surface area (Å²) in [5, 5.41) is 0. The van der Waals surface area contributed by atoms with E-state index in [1.807, 2.05) is 25.7 Å². The van der Waals surface area contributed by atoms with Crippen molar-refractivity contribution in [3.8, 4) is 0 Å².